The Balaban J connectivity index is 0.000000423. The Morgan fingerprint density at radius 1 is 0.794 bits per heavy atom. The van der Waals surface area contributed by atoms with Gasteiger partial charge < -0.3 is 68.9 Å². The quantitative estimate of drug-likeness (QED) is 0.00804. The number of carboxylic acid groups (broad SMARTS) is 1. The van der Waals surface area contributed by atoms with Gasteiger partial charge in [-0.1, -0.05) is 25.8 Å². The SMILES string of the molecule is CC(C)C1CN(C)C(CCCN=C(N)NC(=O)c2ccc(N=N)nc2)C(=O)NCC(=O)NC(CC(=O)O)C(=O)NCc2cc(NC(=O)CCCCCN)cc(c2)C(=O)N1.O=S(=O)(O)c1ccc([P](=[Tc])(c2ccccc2S(=O)(=O)O)c2ccccc2S(=O)(=O)O)cc1.OCC[N-]C(CO)(CO)CO. The number of likely N-dealkylation sites (N-methyl/N-ethyl adjacent to an activating group) is 1. The van der Waals surface area contributed by atoms with Gasteiger partial charge >= 0.3 is 202 Å². The van der Waals surface area contributed by atoms with E-state index in [1.165, 1.54) is 79.0 Å². The maximum Gasteiger partial charge on any atom is 0.0342 e. The zero-order chi connectivity index (χ0) is 76.2. The molecule has 1 aromatic heterocycles. The Morgan fingerprint density at radius 2 is 1.39 bits per heavy atom. The van der Waals surface area contributed by atoms with E-state index in [9.17, 15) is 77.6 Å². The van der Waals surface area contributed by atoms with E-state index in [0.717, 1.165) is 37.1 Å². The number of aliphatic hydroxyl groups excluding tert-OH is 4. The number of aliphatic hydroxyl groups is 4. The molecule has 2 heterocycles. The maximum atomic E-state index is 13.9. The summed E-state index contributed by atoms with van der Waals surface area (Å²) in [6.45, 7) is 2.58. The van der Waals surface area contributed by atoms with Gasteiger partial charge in [0.1, 0.15) is 6.04 Å². The number of unbranched alkanes of at least 4 members (excludes halogenated alkanes) is 2. The second-order valence-electron chi connectivity index (χ2n) is 23.1. The predicted octanol–water partition coefficient (Wildman–Crippen LogP) is -0.263. The van der Waals surface area contributed by atoms with Crippen molar-refractivity contribution in [3.8, 4) is 0 Å². The van der Waals surface area contributed by atoms with Crippen molar-refractivity contribution in [2.24, 2.45) is 27.5 Å². The molecule has 0 fully saturated rings. The number of anilines is 1. The van der Waals surface area contributed by atoms with Gasteiger partial charge in [-0.05, 0) is 81.1 Å². The van der Waals surface area contributed by atoms with E-state index < -0.39 is 142 Å². The van der Waals surface area contributed by atoms with Crippen molar-refractivity contribution in [2.75, 3.05) is 71.5 Å². The molecular weight excluding hydrogens is 1500 g/mol. The second kappa shape index (κ2) is 40.7. The van der Waals surface area contributed by atoms with Gasteiger partial charge in [0, 0.05) is 76.0 Å². The molecule has 6 amide bonds. The van der Waals surface area contributed by atoms with Crippen LogP contribution < -0.4 is 59.3 Å². The number of aliphatic imine (C=N–C) groups is 1. The van der Waals surface area contributed by atoms with E-state index in [1.807, 2.05) is 31.8 Å². The fourth-order valence-corrected chi connectivity index (χ4v) is 19.4. The number of nitrogens with one attached hydrogen (secondary N) is 7. The number of rotatable bonds is 27. The summed E-state index contributed by atoms with van der Waals surface area (Å²) in [4.78, 5) is 99.1. The Labute approximate surface area is 598 Å². The van der Waals surface area contributed by atoms with Gasteiger partial charge in [0.05, 0.1) is 24.6 Å². The van der Waals surface area contributed by atoms with Crippen LogP contribution in [-0.2, 0) is 78.8 Å². The van der Waals surface area contributed by atoms with Crippen LogP contribution in [0, 0.1) is 11.4 Å². The number of benzene rings is 4. The monoisotopic (exact) mass is 1580 g/mol. The number of aromatic nitrogens is 1. The number of nitrogens with zero attached hydrogens (tertiary/aromatic N) is 5. The summed E-state index contributed by atoms with van der Waals surface area (Å²) in [5.74, 6) is -5.06. The molecule has 40 heteroatoms. The van der Waals surface area contributed by atoms with Gasteiger partial charge in [-0.25, -0.2) is 10.5 Å². The summed E-state index contributed by atoms with van der Waals surface area (Å²) in [5, 5.41) is 63.9. The molecule has 35 nitrogen and oxygen atoms in total. The summed E-state index contributed by atoms with van der Waals surface area (Å²) >= 11 is 1.88. The third kappa shape index (κ3) is 26.6. The zero-order valence-corrected chi connectivity index (χ0v) is 60.8. The van der Waals surface area contributed by atoms with Crippen molar-refractivity contribution in [2.45, 2.75) is 104 Å². The number of guanidine groups is 1. The molecule has 0 spiro atoms. The van der Waals surface area contributed by atoms with Gasteiger partial charge in [-0.15, -0.1) is 11.7 Å². The molecule has 0 saturated heterocycles. The molecule has 0 saturated carbocycles. The molecule has 4 aromatic carbocycles. The summed E-state index contributed by atoms with van der Waals surface area (Å²) in [7, 11) is -12.3. The van der Waals surface area contributed by atoms with E-state index in [0.29, 0.717) is 35.9 Å². The third-order valence-electron chi connectivity index (χ3n) is 15.2. The van der Waals surface area contributed by atoms with Crippen LogP contribution in [0.15, 0.2) is 134 Å². The number of hydrogen-bond donors (Lipinski definition) is 17. The van der Waals surface area contributed by atoms with Crippen molar-refractivity contribution >= 4 is 110 Å². The first-order valence-electron chi connectivity index (χ1n) is 31.1. The molecular formula is C62H84N14O21PS3Tc-. The van der Waals surface area contributed by atoms with Crippen molar-refractivity contribution < 1.29 is 116 Å². The first-order valence-corrected chi connectivity index (χ1v) is 39.6. The van der Waals surface area contributed by atoms with Gasteiger partial charge in [-0.2, -0.15) is 0 Å². The number of fused-ring (bicyclic) bond motifs is 2. The molecule has 6 rings (SSSR count). The van der Waals surface area contributed by atoms with Crippen molar-refractivity contribution in [1.82, 2.24) is 36.5 Å². The number of amides is 6. The first-order chi connectivity index (χ1) is 48.0. The van der Waals surface area contributed by atoms with Crippen LogP contribution in [0.3, 0.4) is 0 Å². The topological polar surface area (TPSA) is 587 Å². The van der Waals surface area contributed by atoms with E-state index in [-0.39, 0.29) is 91.0 Å². The van der Waals surface area contributed by atoms with E-state index in [4.69, 9.17) is 37.4 Å². The molecule has 1 aliphatic heterocycles. The molecule has 1 aliphatic rings. The molecule has 5 aromatic rings. The predicted molar refractivity (Wildman–Crippen MR) is 370 cm³/mol. The van der Waals surface area contributed by atoms with Gasteiger partial charge in [0.2, 0.25) is 23.6 Å². The minimum Gasteiger partial charge on any atom is -0.649 e. The summed E-state index contributed by atoms with van der Waals surface area (Å²) in [5.41, 5.74) is 18.4. The van der Waals surface area contributed by atoms with Crippen LogP contribution in [0.4, 0.5) is 11.5 Å². The number of carboxylic acids is 1. The standard InChI is InChI=1S/C38H55N13O8.C18H15O9PS3.C6H14NO4.Tc/c1-22(2)28-21-51(3)29(8-7-13-42-38(40)49-34(56)24-10-11-30(50-41)43-19-24)37(59)45-20-32(53)47-27(17-33(54)55)36(58)44-18-23-14-25(35(57)48-28)16-26(15-23)46-31(52)9-5-4-6-12-39;19-29(20,21)14-11-9-13(10-12-14)28(15-5-1-3-7-17(15)30(22,23)24)16-6-2-4-8-18(16)31(25,26)27;8-2-1-7-6(3-9,4-10)5-11;/h10-11,14-16,19,22,27-29,41H,4-9,12-13,17-18,20-21,39H2,1-3H3,(H,44,58)(H,45,59)(H,46,52)(H,47,53)(H,48,57)(H,54,55)(H3,40,42,49,56);1-12H,(H,19,20,21)(H,22,23,24)(H,25,26,27);8-11H,1-5H2;/q;;-1;. The smallest absolute Gasteiger partial charge is 0.0342 e. The van der Waals surface area contributed by atoms with Crippen LogP contribution in [0.5, 0.6) is 0 Å². The molecule has 2 bridgehead atoms. The minimum atomic E-state index is -4.74. The zero-order valence-electron chi connectivity index (χ0n) is 55.5. The minimum absolute atomic E-state index is 0.0683. The van der Waals surface area contributed by atoms with Crippen LogP contribution >= 0.6 is 5.05 Å². The fourth-order valence-electron chi connectivity index (χ4n) is 9.70. The molecule has 19 N–H and O–H groups in total. The number of nitrogens with two attached hydrogens (primary N) is 2. The van der Waals surface area contributed by atoms with Crippen molar-refractivity contribution in [3.63, 3.8) is 0 Å². The normalized spacial score (nSPS) is 16.2. The largest absolute Gasteiger partial charge is 0.649 e. The average molecular weight is 1590 g/mol. The summed E-state index contributed by atoms with van der Waals surface area (Å²) in [6, 6.07) is 20.3. The molecule has 559 valence electrons. The first kappa shape index (κ1) is 86.3. The Bertz CT molecular complexity index is 4090. The van der Waals surface area contributed by atoms with Crippen LogP contribution in [0.1, 0.15) is 85.1 Å². The van der Waals surface area contributed by atoms with Gasteiger partial charge in [0.15, 0.2) is 11.8 Å². The summed E-state index contributed by atoms with van der Waals surface area (Å²) in [6.07, 6.45) is 3.36. The molecule has 3 atom stereocenters. The number of aliphatic carboxylic acids is 1. The number of hydrogen-bond acceptors (Lipinski definition) is 23. The molecule has 3 unspecified atom stereocenters. The van der Waals surface area contributed by atoms with Crippen LogP contribution in [-0.4, -0.2) is 212 Å². The van der Waals surface area contributed by atoms with E-state index >= 15 is 0 Å². The van der Waals surface area contributed by atoms with E-state index in [2.05, 4.69) is 52.3 Å². The van der Waals surface area contributed by atoms with E-state index in [1.54, 1.807) is 18.0 Å². The van der Waals surface area contributed by atoms with Gasteiger partial charge in [0.25, 0.3) is 11.8 Å². The number of carbonyl (C=O) groups excluding carboxylic acids is 6. The maximum absolute atomic E-state index is 13.9. The van der Waals surface area contributed by atoms with Crippen molar-refractivity contribution in [1.29, 1.82) is 5.53 Å². The van der Waals surface area contributed by atoms with Crippen molar-refractivity contribution in [3.05, 3.63) is 131 Å². The number of pyridine rings is 1. The molecule has 0 aliphatic carbocycles. The molecule has 0 radical (unpaired) electrons. The van der Waals surface area contributed by atoms with Crippen LogP contribution in [0.25, 0.3) is 5.32 Å². The Hall–Kier alpha value is -8.08. The average Bonchev–Trinajstić information content (AvgIpc) is 0.734. The Kier molecular flexibility index (Phi) is 34.4. The number of carbonyl (C=O) groups is 7. The summed E-state index contributed by atoms with van der Waals surface area (Å²) < 4.78 is 100. The second-order valence-corrected chi connectivity index (χ2v) is 33.7. The fraction of sp³-hybridized carbons (Fsp3) is 0.403. The van der Waals surface area contributed by atoms with Gasteiger partial charge in [-0.3, -0.25) is 48.8 Å². The Morgan fingerprint density at radius 3 is 1.91 bits per heavy atom. The third-order valence-corrected chi connectivity index (χ3v) is 25.4. The molecule has 102 heavy (non-hydrogen) atoms. The van der Waals surface area contributed by atoms with Crippen LogP contribution in [0.2, 0.25) is 0 Å².